The molecule has 3 rings (SSSR count). The molecule has 1 aliphatic carbocycles. The molecule has 0 radical (unpaired) electrons. The highest BCUT2D eigenvalue weighted by Crippen LogP contribution is 2.27. The van der Waals surface area contributed by atoms with Crippen molar-refractivity contribution in [1.82, 2.24) is 4.90 Å². The molecule has 0 spiro atoms. The molecule has 0 atom stereocenters. The summed E-state index contributed by atoms with van der Waals surface area (Å²) in [5, 5.41) is 10.0. The Morgan fingerprint density at radius 2 is 2.16 bits per heavy atom. The third kappa shape index (κ3) is 2.24. The normalized spacial score (nSPS) is 15.4. The third-order valence-corrected chi connectivity index (χ3v) is 3.75. The van der Waals surface area contributed by atoms with Gasteiger partial charge in [-0.3, -0.25) is 4.79 Å². The second-order valence-electron chi connectivity index (χ2n) is 4.96. The Morgan fingerprint density at radius 3 is 2.79 bits per heavy atom. The molecule has 1 fully saturated rings. The Morgan fingerprint density at radius 1 is 1.37 bits per heavy atom. The number of carbonyl (C=O) groups is 1. The monoisotopic (exact) mass is 259 g/mol. The first-order valence-electron chi connectivity index (χ1n) is 6.70. The lowest BCUT2D eigenvalue weighted by Gasteiger charge is -2.36. The van der Waals surface area contributed by atoms with Gasteiger partial charge in [0.25, 0.3) is 5.91 Å². The summed E-state index contributed by atoms with van der Waals surface area (Å²) in [6, 6.07) is 9.62. The first-order valence-corrected chi connectivity index (χ1v) is 6.70. The van der Waals surface area contributed by atoms with E-state index in [0.29, 0.717) is 12.3 Å². The number of rotatable bonds is 4. The van der Waals surface area contributed by atoms with Crippen LogP contribution in [0.5, 0.6) is 0 Å². The van der Waals surface area contributed by atoms with Crippen molar-refractivity contribution in [2.45, 2.75) is 25.3 Å². The number of aliphatic hydroxyl groups is 1. The highest BCUT2D eigenvalue weighted by atomic mass is 16.3. The summed E-state index contributed by atoms with van der Waals surface area (Å²) < 4.78 is 5.60. The molecule has 0 saturated heterocycles. The molecule has 1 N–H and O–H groups in total. The van der Waals surface area contributed by atoms with Crippen LogP contribution in [0.3, 0.4) is 0 Å². The Bertz CT molecular complexity index is 553. The fraction of sp³-hybridized carbons (Fsp3) is 0.400. The Hall–Kier alpha value is -1.81. The number of benzene rings is 1. The van der Waals surface area contributed by atoms with Crippen molar-refractivity contribution in [1.29, 1.82) is 0 Å². The maximum absolute atomic E-state index is 12.5. The zero-order valence-corrected chi connectivity index (χ0v) is 10.7. The van der Waals surface area contributed by atoms with Crippen LogP contribution < -0.4 is 0 Å². The van der Waals surface area contributed by atoms with E-state index in [9.17, 15) is 4.79 Å². The highest BCUT2D eigenvalue weighted by molar-refractivity contribution is 5.96. The van der Waals surface area contributed by atoms with Crippen LogP contribution in [-0.4, -0.2) is 35.1 Å². The molecule has 1 saturated carbocycles. The predicted molar refractivity (Wildman–Crippen MR) is 72.0 cm³/mol. The van der Waals surface area contributed by atoms with Gasteiger partial charge in [-0.2, -0.15) is 0 Å². The smallest absolute Gasteiger partial charge is 0.289 e. The van der Waals surface area contributed by atoms with E-state index in [0.717, 1.165) is 30.2 Å². The minimum Gasteiger partial charge on any atom is -0.451 e. The second kappa shape index (κ2) is 5.05. The zero-order valence-electron chi connectivity index (χ0n) is 10.7. The molecule has 19 heavy (non-hydrogen) atoms. The van der Waals surface area contributed by atoms with Gasteiger partial charge < -0.3 is 14.4 Å². The van der Waals surface area contributed by atoms with Crippen molar-refractivity contribution in [3.63, 3.8) is 0 Å². The molecule has 2 aromatic rings. The number of carbonyl (C=O) groups excluding carboxylic acids is 1. The van der Waals surface area contributed by atoms with Gasteiger partial charge in [-0.05, 0) is 31.4 Å². The van der Waals surface area contributed by atoms with Gasteiger partial charge >= 0.3 is 0 Å². The van der Waals surface area contributed by atoms with Gasteiger partial charge in [-0.25, -0.2) is 0 Å². The van der Waals surface area contributed by atoms with Gasteiger partial charge in [-0.15, -0.1) is 0 Å². The van der Waals surface area contributed by atoms with Gasteiger partial charge in [0, 0.05) is 18.0 Å². The van der Waals surface area contributed by atoms with E-state index in [2.05, 4.69) is 0 Å². The minimum atomic E-state index is -0.116. The molecule has 0 bridgehead atoms. The summed E-state index contributed by atoms with van der Waals surface area (Å²) in [5.74, 6) is 0.247. The summed E-state index contributed by atoms with van der Waals surface area (Å²) in [5.41, 5.74) is 0.725. The standard InChI is InChI=1S/C15H17NO3/c17-9-8-16(12-5-3-6-12)15(18)14-10-11-4-1-2-7-13(11)19-14/h1-2,4,7,10,12,17H,3,5-6,8-9H2. The summed E-state index contributed by atoms with van der Waals surface area (Å²) in [6.07, 6.45) is 3.19. The van der Waals surface area contributed by atoms with Crippen molar-refractivity contribution in [2.24, 2.45) is 0 Å². The SMILES string of the molecule is O=C(c1cc2ccccc2o1)N(CCO)C1CCC1. The van der Waals surface area contributed by atoms with Crippen LogP contribution in [0.4, 0.5) is 0 Å². The molecule has 4 nitrogen and oxygen atoms in total. The van der Waals surface area contributed by atoms with Gasteiger partial charge in [0.05, 0.1) is 6.61 Å². The van der Waals surface area contributed by atoms with Crippen LogP contribution in [0.25, 0.3) is 11.0 Å². The van der Waals surface area contributed by atoms with Crippen molar-refractivity contribution < 1.29 is 14.3 Å². The summed E-state index contributed by atoms with van der Waals surface area (Å²) in [4.78, 5) is 14.2. The quantitative estimate of drug-likeness (QED) is 0.917. The second-order valence-corrected chi connectivity index (χ2v) is 4.96. The van der Waals surface area contributed by atoms with Gasteiger partial charge in [0.1, 0.15) is 5.58 Å². The fourth-order valence-corrected chi connectivity index (χ4v) is 2.48. The molecule has 1 aliphatic rings. The molecule has 0 aliphatic heterocycles. The maximum atomic E-state index is 12.5. The molecule has 1 heterocycles. The van der Waals surface area contributed by atoms with E-state index in [1.165, 1.54) is 0 Å². The number of aliphatic hydroxyl groups excluding tert-OH is 1. The number of hydrogen-bond donors (Lipinski definition) is 1. The van der Waals surface area contributed by atoms with E-state index in [1.807, 2.05) is 24.3 Å². The van der Waals surface area contributed by atoms with Gasteiger partial charge in [-0.1, -0.05) is 18.2 Å². The van der Waals surface area contributed by atoms with Crippen LogP contribution in [-0.2, 0) is 0 Å². The number of fused-ring (bicyclic) bond motifs is 1. The van der Waals surface area contributed by atoms with Gasteiger partial charge in [0.2, 0.25) is 0 Å². The minimum absolute atomic E-state index is 0.0114. The topological polar surface area (TPSA) is 53.7 Å². The molecular weight excluding hydrogens is 242 g/mol. The molecule has 4 heteroatoms. The summed E-state index contributed by atoms with van der Waals surface area (Å²) >= 11 is 0. The van der Waals surface area contributed by atoms with E-state index in [-0.39, 0.29) is 18.6 Å². The van der Waals surface area contributed by atoms with E-state index in [4.69, 9.17) is 9.52 Å². The maximum Gasteiger partial charge on any atom is 0.289 e. The lowest BCUT2D eigenvalue weighted by Crippen LogP contribution is -2.45. The van der Waals surface area contributed by atoms with Crippen molar-refractivity contribution in [3.05, 3.63) is 36.1 Å². The van der Waals surface area contributed by atoms with E-state index < -0.39 is 0 Å². The number of nitrogens with zero attached hydrogens (tertiary/aromatic N) is 1. The van der Waals surface area contributed by atoms with Crippen LogP contribution in [0, 0.1) is 0 Å². The van der Waals surface area contributed by atoms with E-state index >= 15 is 0 Å². The molecule has 1 amide bonds. The molecule has 1 aromatic heterocycles. The molecule has 0 unspecified atom stereocenters. The van der Waals surface area contributed by atoms with Crippen LogP contribution in [0.1, 0.15) is 29.8 Å². The van der Waals surface area contributed by atoms with E-state index in [1.54, 1.807) is 11.0 Å². The van der Waals surface area contributed by atoms with Crippen LogP contribution >= 0.6 is 0 Å². The predicted octanol–water partition coefficient (Wildman–Crippen LogP) is 2.42. The number of furan rings is 1. The number of amides is 1. The van der Waals surface area contributed by atoms with Crippen molar-refractivity contribution in [2.75, 3.05) is 13.2 Å². The third-order valence-electron chi connectivity index (χ3n) is 3.75. The lowest BCUT2D eigenvalue weighted by atomic mass is 9.91. The van der Waals surface area contributed by atoms with Crippen LogP contribution in [0.2, 0.25) is 0 Å². The average molecular weight is 259 g/mol. The Labute approximate surface area is 111 Å². The number of para-hydroxylation sites is 1. The summed E-state index contributed by atoms with van der Waals surface area (Å²) in [6.45, 7) is 0.364. The molecule has 100 valence electrons. The van der Waals surface area contributed by atoms with Crippen molar-refractivity contribution >= 4 is 16.9 Å². The first kappa shape index (κ1) is 12.2. The molecular formula is C15H17NO3. The van der Waals surface area contributed by atoms with Crippen molar-refractivity contribution in [3.8, 4) is 0 Å². The largest absolute Gasteiger partial charge is 0.451 e. The lowest BCUT2D eigenvalue weighted by molar-refractivity contribution is 0.0497. The first-order chi connectivity index (χ1) is 9.29. The Kier molecular flexibility index (Phi) is 3.25. The number of hydrogen-bond acceptors (Lipinski definition) is 3. The fourth-order valence-electron chi connectivity index (χ4n) is 2.48. The zero-order chi connectivity index (χ0) is 13.2. The Balaban J connectivity index is 1.87. The molecule has 1 aromatic carbocycles. The highest BCUT2D eigenvalue weighted by Gasteiger charge is 2.30. The summed E-state index contributed by atoms with van der Waals surface area (Å²) in [7, 11) is 0. The average Bonchev–Trinajstić information content (AvgIpc) is 2.79. The van der Waals surface area contributed by atoms with Crippen LogP contribution in [0.15, 0.2) is 34.7 Å². The van der Waals surface area contributed by atoms with Gasteiger partial charge in [0.15, 0.2) is 5.76 Å².